The molecule has 0 saturated heterocycles. The SMILES string of the molecule is CC(C)CCCC(NN)C1CCCC1(C)C. The average molecular weight is 226 g/mol. The Labute approximate surface area is 101 Å². The van der Waals surface area contributed by atoms with Gasteiger partial charge in [0.1, 0.15) is 0 Å². The van der Waals surface area contributed by atoms with Crippen LogP contribution in [0.2, 0.25) is 0 Å². The van der Waals surface area contributed by atoms with Gasteiger partial charge in [0.05, 0.1) is 0 Å². The lowest BCUT2D eigenvalue weighted by Gasteiger charge is -2.34. The van der Waals surface area contributed by atoms with Crippen molar-refractivity contribution in [2.45, 2.75) is 72.3 Å². The minimum absolute atomic E-state index is 0.481. The number of hydrogen-bond acceptors (Lipinski definition) is 2. The Hall–Kier alpha value is -0.0800. The Balaban J connectivity index is 2.41. The summed E-state index contributed by atoms with van der Waals surface area (Å²) >= 11 is 0. The van der Waals surface area contributed by atoms with E-state index in [0.29, 0.717) is 11.5 Å². The van der Waals surface area contributed by atoms with Crippen molar-refractivity contribution >= 4 is 0 Å². The largest absolute Gasteiger partial charge is 0.271 e. The van der Waals surface area contributed by atoms with Crippen LogP contribution in [0.3, 0.4) is 0 Å². The first-order valence-electron chi connectivity index (χ1n) is 6.93. The summed E-state index contributed by atoms with van der Waals surface area (Å²) < 4.78 is 0. The Morgan fingerprint density at radius 3 is 2.44 bits per heavy atom. The maximum Gasteiger partial charge on any atom is 0.0243 e. The molecule has 3 N–H and O–H groups in total. The fraction of sp³-hybridized carbons (Fsp3) is 1.00. The third-order valence-electron chi connectivity index (χ3n) is 4.34. The van der Waals surface area contributed by atoms with Gasteiger partial charge in [-0.25, -0.2) is 0 Å². The van der Waals surface area contributed by atoms with Gasteiger partial charge in [-0.05, 0) is 36.5 Å². The van der Waals surface area contributed by atoms with Crippen molar-refractivity contribution in [2.75, 3.05) is 0 Å². The van der Waals surface area contributed by atoms with Crippen LogP contribution in [-0.2, 0) is 0 Å². The zero-order chi connectivity index (χ0) is 12.2. The summed E-state index contributed by atoms with van der Waals surface area (Å²) in [5, 5.41) is 0. The van der Waals surface area contributed by atoms with Crippen LogP contribution in [0.15, 0.2) is 0 Å². The van der Waals surface area contributed by atoms with Gasteiger partial charge in [-0.15, -0.1) is 0 Å². The first kappa shape index (κ1) is 14.0. The number of hydrazine groups is 1. The van der Waals surface area contributed by atoms with E-state index in [-0.39, 0.29) is 0 Å². The normalized spacial score (nSPS) is 26.2. The predicted molar refractivity (Wildman–Crippen MR) is 70.9 cm³/mol. The summed E-state index contributed by atoms with van der Waals surface area (Å²) in [7, 11) is 0. The average Bonchev–Trinajstić information content (AvgIpc) is 2.53. The van der Waals surface area contributed by atoms with Crippen molar-refractivity contribution in [2.24, 2.45) is 23.1 Å². The van der Waals surface area contributed by atoms with E-state index in [0.717, 1.165) is 11.8 Å². The lowest BCUT2D eigenvalue weighted by Crippen LogP contribution is -2.44. The number of nitrogens with one attached hydrogen (secondary N) is 1. The molecule has 2 atom stereocenters. The van der Waals surface area contributed by atoms with Crippen LogP contribution in [0.25, 0.3) is 0 Å². The predicted octanol–water partition coefficient (Wildman–Crippen LogP) is 3.47. The highest BCUT2D eigenvalue weighted by Gasteiger charge is 2.38. The van der Waals surface area contributed by atoms with Crippen molar-refractivity contribution in [3.63, 3.8) is 0 Å². The fourth-order valence-electron chi connectivity index (χ4n) is 3.25. The van der Waals surface area contributed by atoms with Gasteiger partial charge in [0.25, 0.3) is 0 Å². The minimum Gasteiger partial charge on any atom is -0.271 e. The van der Waals surface area contributed by atoms with Gasteiger partial charge in [-0.3, -0.25) is 11.3 Å². The van der Waals surface area contributed by atoms with Crippen LogP contribution in [0, 0.1) is 17.3 Å². The molecule has 1 rings (SSSR count). The molecule has 2 unspecified atom stereocenters. The quantitative estimate of drug-likeness (QED) is 0.537. The molecule has 1 fully saturated rings. The van der Waals surface area contributed by atoms with E-state index in [1.54, 1.807) is 0 Å². The molecule has 0 aromatic heterocycles. The fourth-order valence-corrected chi connectivity index (χ4v) is 3.25. The molecular formula is C14H30N2. The van der Waals surface area contributed by atoms with Crippen LogP contribution < -0.4 is 11.3 Å². The van der Waals surface area contributed by atoms with Crippen molar-refractivity contribution in [1.29, 1.82) is 0 Å². The van der Waals surface area contributed by atoms with E-state index in [4.69, 9.17) is 5.84 Å². The first-order valence-corrected chi connectivity index (χ1v) is 6.93. The molecule has 0 spiro atoms. The van der Waals surface area contributed by atoms with Crippen molar-refractivity contribution in [3.05, 3.63) is 0 Å². The number of hydrogen-bond donors (Lipinski definition) is 2. The molecule has 0 aromatic rings. The van der Waals surface area contributed by atoms with Gasteiger partial charge < -0.3 is 0 Å². The molecule has 16 heavy (non-hydrogen) atoms. The highest BCUT2D eigenvalue weighted by atomic mass is 15.2. The summed E-state index contributed by atoms with van der Waals surface area (Å²) in [5.41, 5.74) is 3.55. The van der Waals surface area contributed by atoms with E-state index in [9.17, 15) is 0 Å². The molecular weight excluding hydrogens is 196 g/mol. The topological polar surface area (TPSA) is 38.0 Å². The number of rotatable bonds is 6. The second-order valence-corrected chi connectivity index (χ2v) is 6.59. The molecule has 0 aromatic carbocycles. The lowest BCUT2D eigenvalue weighted by molar-refractivity contribution is 0.187. The Morgan fingerprint density at radius 1 is 1.31 bits per heavy atom. The van der Waals surface area contributed by atoms with Crippen molar-refractivity contribution in [1.82, 2.24) is 5.43 Å². The molecule has 2 heteroatoms. The molecule has 96 valence electrons. The third-order valence-corrected chi connectivity index (χ3v) is 4.34. The number of nitrogens with two attached hydrogens (primary N) is 1. The monoisotopic (exact) mass is 226 g/mol. The summed E-state index contributed by atoms with van der Waals surface area (Å²) in [4.78, 5) is 0. The summed E-state index contributed by atoms with van der Waals surface area (Å²) in [5.74, 6) is 7.32. The van der Waals surface area contributed by atoms with Crippen LogP contribution >= 0.6 is 0 Å². The summed E-state index contributed by atoms with van der Waals surface area (Å²) in [6.45, 7) is 9.39. The zero-order valence-electron chi connectivity index (χ0n) is 11.6. The minimum atomic E-state index is 0.481. The van der Waals surface area contributed by atoms with E-state index in [1.807, 2.05) is 0 Å². The molecule has 1 aliphatic carbocycles. The molecule has 2 nitrogen and oxygen atoms in total. The zero-order valence-corrected chi connectivity index (χ0v) is 11.6. The smallest absolute Gasteiger partial charge is 0.0243 e. The molecule has 0 bridgehead atoms. The summed E-state index contributed by atoms with van der Waals surface area (Å²) in [6.07, 6.45) is 7.96. The Kier molecular flexibility index (Phi) is 5.26. The van der Waals surface area contributed by atoms with Crippen molar-refractivity contribution < 1.29 is 0 Å². The van der Waals surface area contributed by atoms with Crippen LogP contribution in [0.1, 0.15) is 66.2 Å². The molecule has 1 aliphatic rings. The van der Waals surface area contributed by atoms with E-state index in [2.05, 4.69) is 33.1 Å². The molecule has 0 amide bonds. The lowest BCUT2D eigenvalue weighted by atomic mass is 9.76. The van der Waals surface area contributed by atoms with Gasteiger partial charge in [-0.2, -0.15) is 0 Å². The Bertz CT molecular complexity index is 199. The highest BCUT2D eigenvalue weighted by molar-refractivity contribution is 4.91. The second-order valence-electron chi connectivity index (χ2n) is 6.59. The Morgan fingerprint density at radius 2 is 2.00 bits per heavy atom. The standard InChI is InChI=1S/C14H30N2/c1-11(2)7-5-9-13(16-15)12-8-6-10-14(12,3)4/h11-13,16H,5-10,15H2,1-4H3. The van der Waals surface area contributed by atoms with Crippen LogP contribution in [-0.4, -0.2) is 6.04 Å². The second kappa shape index (κ2) is 6.02. The van der Waals surface area contributed by atoms with Gasteiger partial charge >= 0.3 is 0 Å². The third kappa shape index (κ3) is 3.74. The van der Waals surface area contributed by atoms with Gasteiger partial charge in [0, 0.05) is 6.04 Å². The molecule has 0 radical (unpaired) electrons. The van der Waals surface area contributed by atoms with Gasteiger partial charge in [0.2, 0.25) is 0 Å². The van der Waals surface area contributed by atoms with E-state index < -0.39 is 0 Å². The highest BCUT2D eigenvalue weighted by Crippen LogP contribution is 2.45. The van der Waals surface area contributed by atoms with Gasteiger partial charge in [-0.1, -0.05) is 47.0 Å². The van der Waals surface area contributed by atoms with E-state index in [1.165, 1.54) is 38.5 Å². The van der Waals surface area contributed by atoms with E-state index >= 15 is 0 Å². The maximum atomic E-state index is 5.74. The summed E-state index contributed by atoms with van der Waals surface area (Å²) in [6, 6.07) is 0.524. The molecule has 0 heterocycles. The first-order chi connectivity index (χ1) is 7.47. The van der Waals surface area contributed by atoms with Crippen LogP contribution in [0.5, 0.6) is 0 Å². The maximum absolute atomic E-state index is 5.74. The van der Waals surface area contributed by atoms with Gasteiger partial charge in [0.15, 0.2) is 0 Å². The molecule has 0 aliphatic heterocycles. The molecule has 1 saturated carbocycles. The van der Waals surface area contributed by atoms with Crippen LogP contribution in [0.4, 0.5) is 0 Å². The van der Waals surface area contributed by atoms with Crippen molar-refractivity contribution in [3.8, 4) is 0 Å².